The second-order valence-corrected chi connectivity index (χ2v) is 4.21. The molecule has 0 aliphatic rings. The molecule has 5 nitrogen and oxygen atoms in total. The number of nitriles is 2. The van der Waals surface area contributed by atoms with E-state index in [1.165, 1.54) is 6.20 Å². The highest BCUT2D eigenvalue weighted by Gasteiger charge is 2.07. The first kappa shape index (κ1) is 15.3. The fraction of sp³-hybridized carbons (Fsp3) is 0.267. The molecule has 1 rings (SSSR count). The molecule has 1 aromatic carbocycles. The molecule has 0 unspecified atom stereocenters. The zero-order valence-electron chi connectivity index (χ0n) is 11.5. The fourth-order valence-corrected chi connectivity index (χ4v) is 1.50. The van der Waals surface area contributed by atoms with Crippen molar-refractivity contribution in [3.05, 3.63) is 41.1 Å². The van der Waals surface area contributed by atoms with Crippen molar-refractivity contribution in [2.45, 2.75) is 20.3 Å². The SMILES string of the molecule is CCCNC(=O)c1ccc(C)c(NC=C(C#N)C#N)c1. The number of hydrogen-bond acceptors (Lipinski definition) is 4. The van der Waals surface area contributed by atoms with Gasteiger partial charge in [0.15, 0.2) is 0 Å². The largest absolute Gasteiger partial charge is 0.360 e. The predicted molar refractivity (Wildman–Crippen MR) is 76.7 cm³/mol. The Morgan fingerprint density at radius 3 is 2.65 bits per heavy atom. The number of hydrogen-bond donors (Lipinski definition) is 2. The molecular weight excluding hydrogens is 252 g/mol. The van der Waals surface area contributed by atoms with Crippen molar-refractivity contribution < 1.29 is 4.79 Å². The number of amides is 1. The van der Waals surface area contributed by atoms with E-state index in [0.717, 1.165) is 12.0 Å². The summed E-state index contributed by atoms with van der Waals surface area (Å²) >= 11 is 0. The van der Waals surface area contributed by atoms with Crippen LogP contribution in [-0.2, 0) is 0 Å². The van der Waals surface area contributed by atoms with Gasteiger partial charge < -0.3 is 10.6 Å². The van der Waals surface area contributed by atoms with Crippen molar-refractivity contribution in [1.29, 1.82) is 10.5 Å². The van der Waals surface area contributed by atoms with E-state index in [0.29, 0.717) is 17.8 Å². The van der Waals surface area contributed by atoms with Crippen LogP contribution in [0, 0.1) is 29.6 Å². The van der Waals surface area contributed by atoms with Crippen LogP contribution in [0.1, 0.15) is 29.3 Å². The highest BCUT2D eigenvalue weighted by atomic mass is 16.1. The van der Waals surface area contributed by atoms with Crippen LogP contribution in [0.15, 0.2) is 30.0 Å². The quantitative estimate of drug-likeness (QED) is 0.803. The minimum absolute atomic E-state index is 0.0229. The maximum Gasteiger partial charge on any atom is 0.251 e. The Bertz CT molecular complexity index is 589. The minimum atomic E-state index is -0.139. The Balaban J connectivity index is 2.93. The molecule has 0 radical (unpaired) electrons. The molecule has 0 saturated carbocycles. The normalized spacial score (nSPS) is 9.00. The molecule has 0 atom stereocenters. The molecule has 5 heteroatoms. The molecular formula is C15H16N4O. The average molecular weight is 268 g/mol. The van der Waals surface area contributed by atoms with Crippen LogP contribution in [0.25, 0.3) is 0 Å². The van der Waals surface area contributed by atoms with E-state index in [4.69, 9.17) is 10.5 Å². The lowest BCUT2D eigenvalue weighted by Gasteiger charge is -2.09. The molecule has 0 fully saturated rings. The summed E-state index contributed by atoms with van der Waals surface area (Å²) in [6.45, 7) is 4.49. The van der Waals surface area contributed by atoms with E-state index in [1.54, 1.807) is 24.3 Å². The Morgan fingerprint density at radius 1 is 1.35 bits per heavy atom. The number of nitrogens with zero attached hydrogens (tertiary/aromatic N) is 2. The van der Waals surface area contributed by atoms with Gasteiger partial charge in [-0.3, -0.25) is 4.79 Å². The molecule has 1 aromatic rings. The number of rotatable bonds is 5. The molecule has 20 heavy (non-hydrogen) atoms. The number of anilines is 1. The Labute approximate surface area is 118 Å². The summed E-state index contributed by atoms with van der Waals surface area (Å²) < 4.78 is 0. The van der Waals surface area contributed by atoms with Crippen molar-refractivity contribution in [1.82, 2.24) is 5.32 Å². The van der Waals surface area contributed by atoms with Crippen LogP contribution < -0.4 is 10.6 Å². The van der Waals surface area contributed by atoms with Crippen molar-refractivity contribution in [2.24, 2.45) is 0 Å². The Morgan fingerprint density at radius 2 is 2.05 bits per heavy atom. The summed E-state index contributed by atoms with van der Waals surface area (Å²) in [6.07, 6.45) is 2.20. The Hall–Kier alpha value is -2.79. The third kappa shape index (κ3) is 4.15. The number of carbonyl (C=O) groups excluding carboxylic acids is 1. The number of allylic oxidation sites excluding steroid dienone is 1. The van der Waals surface area contributed by atoms with Crippen LogP contribution in [0.3, 0.4) is 0 Å². The van der Waals surface area contributed by atoms with E-state index in [2.05, 4.69) is 10.6 Å². The zero-order chi connectivity index (χ0) is 15.0. The first-order valence-electron chi connectivity index (χ1n) is 6.28. The number of carbonyl (C=O) groups is 1. The smallest absolute Gasteiger partial charge is 0.251 e. The molecule has 0 aliphatic carbocycles. The zero-order valence-corrected chi connectivity index (χ0v) is 11.5. The molecule has 1 amide bonds. The van der Waals surface area contributed by atoms with Gasteiger partial charge in [-0.1, -0.05) is 13.0 Å². The van der Waals surface area contributed by atoms with Crippen LogP contribution in [0.4, 0.5) is 5.69 Å². The van der Waals surface area contributed by atoms with E-state index >= 15 is 0 Å². The maximum atomic E-state index is 11.9. The lowest BCUT2D eigenvalue weighted by atomic mass is 10.1. The first-order valence-corrected chi connectivity index (χ1v) is 6.28. The summed E-state index contributed by atoms with van der Waals surface area (Å²) in [6, 6.07) is 8.78. The highest BCUT2D eigenvalue weighted by molar-refractivity contribution is 5.95. The molecule has 0 bridgehead atoms. The maximum absolute atomic E-state index is 11.9. The summed E-state index contributed by atoms with van der Waals surface area (Å²) in [5.41, 5.74) is 2.13. The number of benzene rings is 1. The number of aryl methyl sites for hydroxylation is 1. The van der Waals surface area contributed by atoms with Crippen LogP contribution in [0.2, 0.25) is 0 Å². The topological polar surface area (TPSA) is 88.7 Å². The van der Waals surface area contributed by atoms with Crippen molar-refractivity contribution in [2.75, 3.05) is 11.9 Å². The summed E-state index contributed by atoms with van der Waals surface area (Å²) in [5, 5.41) is 23.0. The van der Waals surface area contributed by atoms with Gasteiger partial charge in [-0.25, -0.2) is 0 Å². The van der Waals surface area contributed by atoms with Crippen molar-refractivity contribution in [3.8, 4) is 12.1 Å². The van der Waals surface area contributed by atoms with Gasteiger partial charge in [-0.15, -0.1) is 0 Å². The summed E-state index contributed by atoms with van der Waals surface area (Å²) in [7, 11) is 0. The molecule has 0 heterocycles. The Kier molecular flexibility index (Phi) is 5.80. The van der Waals surface area contributed by atoms with E-state index < -0.39 is 0 Å². The van der Waals surface area contributed by atoms with Crippen LogP contribution in [0.5, 0.6) is 0 Å². The fourth-order valence-electron chi connectivity index (χ4n) is 1.50. The third-order valence-electron chi connectivity index (χ3n) is 2.65. The van der Waals surface area contributed by atoms with Gasteiger partial charge in [0.25, 0.3) is 5.91 Å². The van der Waals surface area contributed by atoms with Gasteiger partial charge in [0.2, 0.25) is 0 Å². The van der Waals surface area contributed by atoms with Gasteiger partial charge in [0.1, 0.15) is 17.7 Å². The van der Waals surface area contributed by atoms with Gasteiger partial charge in [-0.2, -0.15) is 10.5 Å². The summed E-state index contributed by atoms with van der Waals surface area (Å²) in [4.78, 5) is 11.9. The van der Waals surface area contributed by atoms with Crippen LogP contribution in [-0.4, -0.2) is 12.5 Å². The standard InChI is InChI=1S/C15H16N4O/c1-3-6-18-15(20)13-5-4-11(2)14(7-13)19-10-12(8-16)9-17/h4-5,7,10,19H,3,6H2,1-2H3,(H,18,20). The van der Waals surface area contributed by atoms with Gasteiger partial charge >= 0.3 is 0 Å². The number of nitrogens with one attached hydrogen (secondary N) is 2. The van der Waals surface area contributed by atoms with E-state index in [-0.39, 0.29) is 11.5 Å². The van der Waals surface area contributed by atoms with Crippen molar-refractivity contribution >= 4 is 11.6 Å². The van der Waals surface area contributed by atoms with E-state index in [9.17, 15) is 4.79 Å². The molecule has 0 spiro atoms. The second-order valence-electron chi connectivity index (χ2n) is 4.21. The molecule has 0 aromatic heterocycles. The highest BCUT2D eigenvalue weighted by Crippen LogP contribution is 2.17. The molecule has 0 saturated heterocycles. The molecule has 2 N–H and O–H groups in total. The van der Waals surface area contributed by atoms with E-state index in [1.807, 2.05) is 19.9 Å². The van der Waals surface area contributed by atoms with Gasteiger partial charge in [0, 0.05) is 24.0 Å². The molecule has 0 aliphatic heterocycles. The monoisotopic (exact) mass is 268 g/mol. The van der Waals surface area contributed by atoms with Crippen LogP contribution >= 0.6 is 0 Å². The molecule has 102 valence electrons. The lowest BCUT2D eigenvalue weighted by molar-refractivity contribution is 0.0953. The second kappa shape index (κ2) is 7.60. The van der Waals surface area contributed by atoms with Gasteiger partial charge in [0.05, 0.1) is 0 Å². The van der Waals surface area contributed by atoms with Crippen molar-refractivity contribution in [3.63, 3.8) is 0 Å². The minimum Gasteiger partial charge on any atom is -0.360 e. The lowest BCUT2D eigenvalue weighted by Crippen LogP contribution is -2.24. The van der Waals surface area contributed by atoms with Gasteiger partial charge in [-0.05, 0) is 31.0 Å². The average Bonchev–Trinajstić information content (AvgIpc) is 2.47. The summed E-state index contributed by atoms with van der Waals surface area (Å²) in [5.74, 6) is -0.139. The first-order chi connectivity index (χ1) is 9.62. The predicted octanol–water partition coefficient (Wildman–Crippen LogP) is 2.48. The third-order valence-corrected chi connectivity index (χ3v) is 2.65.